The fourth-order valence-corrected chi connectivity index (χ4v) is 0.665. The highest BCUT2D eigenvalue weighted by atomic mass is 79.9. The third kappa shape index (κ3) is 1.55. The van der Waals surface area contributed by atoms with Crippen LogP contribution in [0.1, 0.15) is 5.82 Å². The van der Waals surface area contributed by atoms with Gasteiger partial charge in [-0.15, -0.1) is 0 Å². The van der Waals surface area contributed by atoms with Crippen LogP contribution in [0.5, 0.6) is 0 Å². The number of aryl methyl sites for hydroxylation is 2. The van der Waals surface area contributed by atoms with Gasteiger partial charge in [0.25, 0.3) is 5.82 Å². The van der Waals surface area contributed by atoms with Gasteiger partial charge in [0.15, 0.2) is 0 Å². The van der Waals surface area contributed by atoms with Crippen molar-refractivity contribution in [3.8, 4) is 0 Å². The Kier molecular flexibility index (Phi) is 2.91. The van der Waals surface area contributed by atoms with E-state index in [9.17, 15) is 0 Å². The quantitative estimate of drug-likeness (QED) is 0.391. The van der Waals surface area contributed by atoms with E-state index in [2.05, 4.69) is 16.1 Å². The summed E-state index contributed by atoms with van der Waals surface area (Å²) in [5, 5.41) is 0. The Morgan fingerprint density at radius 2 is 2.11 bits per heavy atom. The molecule has 0 bridgehead atoms. The molecule has 0 spiro atoms. The van der Waals surface area contributed by atoms with E-state index in [4.69, 9.17) is 0 Å². The Balaban J connectivity index is 0.000000640. The van der Waals surface area contributed by atoms with Crippen molar-refractivity contribution < 1.29 is 21.5 Å². The number of halogens is 1. The number of hydrogen-bond acceptors (Lipinski definition) is 0. The third-order valence-electron chi connectivity index (χ3n) is 1.53. The van der Waals surface area contributed by atoms with E-state index in [1.807, 2.05) is 26.5 Å². The van der Waals surface area contributed by atoms with E-state index in [1.165, 1.54) is 5.82 Å². The largest absolute Gasteiger partial charge is 1.00 e. The molecule has 0 saturated carbocycles. The maximum Gasteiger partial charge on any atom is 0.252 e. The number of imidazole rings is 1. The molecule has 3 heteroatoms. The lowest BCUT2D eigenvalue weighted by Gasteiger charge is -1.84. The molecule has 52 valence electrons. The Morgan fingerprint density at radius 3 is 2.22 bits per heavy atom. The monoisotopic (exact) mass is 190 g/mol. The highest BCUT2D eigenvalue weighted by Crippen LogP contribution is 1.84. The Bertz CT molecular complexity index is 173. The summed E-state index contributed by atoms with van der Waals surface area (Å²) in [5.41, 5.74) is 0. The molecule has 0 amide bonds. The van der Waals surface area contributed by atoms with Crippen molar-refractivity contribution in [3.63, 3.8) is 0 Å². The summed E-state index contributed by atoms with van der Waals surface area (Å²) in [6, 6.07) is 0. The zero-order chi connectivity index (χ0) is 6.15. The fraction of sp³-hybridized carbons (Fsp3) is 0.500. The van der Waals surface area contributed by atoms with E-state index in [-0.39, 0.29) is 17.0 Å². The number of nitrogens with zero attached hydrogens (tertiary/aromatic N) is 2. The molecule has 0 radical (unpaired) electrons. The standard InChI is InChI=1S/C6H11N2.BrH/c1-6-7(2)4-5-8(6)3;/h4-5H,1-3H3;1H/q+1;/p-1. The number of aromatic nitrogens is 2. The van der Waals surface area contributed by atoms with Gasteiger partial charge in [-0.2, -0.15) is 0 Å². The average molecular weight is 191 g/mol. The van der Waals surface area contributed by atoms with Gasteiger partial charge in [-0.05, 0) is 0 Å². The first-order valence-corrected chi connectivity index (χ1v) is 2.69. The van der Waals surface area contributed by atoms with Crippen LogP contribution in [0.4, 0.5) is 0 Å². The molecule has 0 N–H and O–H groups in total. The zero-order valence-electron chi connectivity index (χ0n) is 5.93. The lowest BCUT2D eigenvalue weighted by Crippen LogP contribution is -3.00. The smallest absolute Gasteiger partial charge is 0.252 e. The highest BCUT2D eigenvalue weighted by molar-refractivity contribution is 4.75. The van der Waals surface area contributed by atoms with Crippen molar-refractivity contribution >= 4 is 0 Å². The molecule has 0 aliphatic rings. The van der Waals surface area contributed by atoms with Crippen LogP contribution >= 0.6 is 0 Å². The van der Waals surface area contributed by atoms with Crippen molar-refractivity contribution in [2.24, 2.45) is 14.1 Å². The van der Waals surface area contributed by atoms with Crippen molar-refractivity contribution in [1.29, 1.82) is 0 Å². The summed E-state index contributed by atoms with van der Waals surface area (Å²) < 4.78 is 4.17. The number of rotatable bonds is 0. The lowest BCUT2D eigenvalue weighted by molar-refractivity contribution is -0.677. The molecule has 0 aliphatic heterocycles. The predicted octanol–water partition coefficient (Wildman–Crippen LogP) is -2.84. The molecule has 1 rings (SSSR count). The molecule has 0 saturated heterocycles. The van der Waals surface area contributed by atoms with Gasteiger partial charge in [0, 0.05) is 6.92 Å². The molecule has 9 heavy (non-hydrogen) atoms. The first kappa shape index (κ1) is 8.69. The van der Waals surface area contributed by atoms with Crippen molar-refractivity contribution in [2.75, 3.05) is 0 Å². The van der Waals surface area contributed by atoms with Gasteiger partial charge in [-0.25, -0.2) is 9.13 Å². The second-order valence-corrected chi connectivity index (χ2v) is 2.07. The van der Waals surface area contributed by atoms with Gasteiger partial charge in [0.05, 0.1) is 14.1 Å². The summed E-state index contributed by atoms with van der Waals surface area (Å²) in [5.74, 6) is 1.27. The lowest BCUT2D eigenvalue weighted by atomic mass is 10.7. The van der Waals surface area contributed by atoms with Crippen LogP contribution in [-0.2, 0) is 14.1 Å². The minimum absolute atomic E-state index is 0. The molecule has 2 nitrogen and oxygen atoms in total. The van der Waals surface area contributed by atoms with Crippen LogP contribution < -0.4 is 21.5 Å². The van der Waals surface area contributed by atoms with Crippen LogP contribution in [0.25, 0.3) is 0 Å². The molecule has 1 aromatic heterocycles. The van der Waals surface area contributed by atoms with Gasteiger partial charge < -0.3 is 17.0 Å². The van der Waals surface area contributed by atoms with Crippen LogP contribution in [0.15, 0.2) is 12.4 Å². The molecular weight excluding hydrogens is 180 g/mol. The van der Waals surface area contributed by atoms with E-state index >= 15 is 0 Å². The first-order valence-electron chi connectivity index (χ1n) is 2.69. The van der Waals surface area contributed by atoms with E-state index in [0.29, 0.717) is 0 Å². The maximum absolute atomic E-state index is 2.08. The summed E-state index contributed by atoms with van der Waals surface area (Å²) >= 11 is 0. The predicted molar refractivity (Wildman–Crippen MR) is 31.3 cm³/mol. The summed E-state index contributed by atoms with van der Waals surface area (Å²) in [6.45, 7) is 2.08. The maximum atomic E-state index is 2.08. The van der Waals surface area contributed by atoms with Crippen LogP contribution in [-0.4, -0.2) is 4.57 Å². The van der Waals surface area contributed by atoms with E-state index in [0.717, 1.165) is 0 Å². The van der Waals surface area contributed by atoms with Gasteiger partial charge >= 0.3 is 0 Å². The molecule has 0 aliphatic carbocycles. The summed E-state index contributed by atoms with van der Waals surface area (Å²) in [7, 11) is 4.07. The Morgan fingerprint density at radius 1 is 1.56 bits per heavy atom. The van der Waals surface area contributed by atoms with Crippen molar-refractivity contribution in [3.05, 3.63) is 18.2 Å². The molecule has 1 aromatic rings. The Labute approximate surface area is 65.9 Å². The van der Waals surface area contributed by atoms with E-state index < -0.39 is 0 Å². The van der Waals surface area contributed by atoms with Crippen LogP contribution in [0.2, 0.25) is 0 Å². The summed E-state index contributed by atoms with van der Waals surface area (Å²) in [4.78, 5) is 0. The van der Waals surface area contributed by atoms with Crippen molar-refractivity contribution in [1.82, 2.24) is 4.57 Å². The molecule has 0 aromatic carbocycles. The summed E-state index contributed by atoms with van der Waals surface area (Å²) in [6.07, 6.45) is 4.07. The minimum atomic E-state index is 0. The normalized spacial score (nSPS) is 8.78. The van der Waals surface area contributed by atoms with Gasteiger partial charge in [-0.3, -0.25) is 0 Å². The number of hydrogen-bond donors (Lipinski definition) is 0. The highest BCUT2D eigenvalue weighted by Gasteiger charge is 2.00. The SMILES string of the molecule is Cc1n(C)cc[n+]1C.[Br-]. The van der Waals surface area contributed by atoms with Gasteiger partial charge in [0.1, 0.15) is 12.4 Å². The molecule has 0 fully saturated rings. The van der Waals surface area contributed by atoms with Crippen LogP contribution in [0, 0.1) is 6.92 Å². The fourth-order valence-electron chi connectivity index (χ4n) is 0.665. The van der Waals surface area contributed by atoms with E-state index in [1.54, 1.807) is 0 Å². The molecular formula is C6H11BrN2. The molecule has 0 unspecified atom stereocenters. The third-order valence-corrected chi connectivity index (χ3v) is 1.53. The first-order chi connectivity index (χ1) is 3.72. The van der Waals surface area contributed by atoms with Crippen molar-refractivity contribution in [2.45, 2.75) is 6.92 Å². The van der Waals surface area contributed by atoms with Crippen LogP contribution in [0.3, 0.4) is 0 Å². The molecule has 0 atom stereocenters. The topological polar surface area (TPSA) is 8.81 Å². The zero-order valence-corrected chi connectivity index (χ0v) is 7.51. The Hall–Kier alpha value is -0.310. The second kappa shape index (κ2) is 3.01. The van der Waals surface area contributed by atoms with Gasteiger partial charge in [-0.1, -0.05) is 0 Å². The average Bonchev–Trinajstić information content (AvgIpc) is 1.98. The molecule has 1 heterocycles. The van der Waals surface area contributed by atoms with Gasteiger partial charge in [0.2, 0.25) is 0 Å². The second-order valence-electron chi connectivity index (χ2n) is 2.07. The minimum Gasteiger partial charge on any atom is -1.00 e.